The molecule has 0 heterocycles. The maximum absolute atomic E-state index is 11.9. The van der Waals surface area contributed by atoms with Crippen LogP contribution in [0, 0.1) is 0 Å². The summed E-state index contributed by atoms with van der Waals surface area (Å²) in [6.45, 7) is -0.276. The van der Waals surface area contributed by atoms with Gasteiger partial charge in [0.1, 0.15) is 18.6 Å². The summed E-state index contributed by atoms with van der Waals surface area (Å²) in [5.74, 6) is -1.91. The first-order valence-electron chi connectivity index (χ1n) is 8.10. The summed E-state index contributed by atoms with van der Waals surface area (Å²) in [5.41, 5.74) is 5.13. The molecule has 26 heavy (non-hydrogen) atoms. The molecule has 0 aliphatic rings. The van der Waals surface area contributed by atoms with E-state index in [0.29, 0.717) is 44.8 Å². The zero-order valence-corrected chi connectivity index (χ0v) is 14.4. The van der Waals surface area contributed by atoms with Crippen LogP contribution in [0.5, 0.6) is 0 Å². The fourth-order valence-electron chi connectivity index (χ4n) is 1.95. The summed E-state index contributed by atoms with van der Waals surface area (Å²) in [5, 5.41) is 9.47. The quantitative estimate of drug-likeness (QED) is 0.148. The Kier molecular flexibility index (Phi) is 12.9. The average molecular weight is 371 g/mol. The number of carbonyl (C=O) groups is 6. The molecule has 0 spiro atoms. The van der Waals surface area contributed by atoms with E-state index in [1.165, 1.54) is 0 Å². The van der Waals surface area contributed by atoms with Crippen LogP contribution in [0.4, 0.5) is 0 Å². The zero-order valence-electron chi connectivity index (χ0n) is 14.4. The molecule has 0 fully saturated rings. The minimum Gasteiger partial charge on any atom is -0.359 e. The first kappa shape index (κ1) is 23.2. The van der Waals surface area contributed by atoms with E-state index in [1.807, 2.05) is 0 Å². The van der Waals surface area contributed by atoms with Crippen LogP contribution in [0.2, 0.25) is 0 Å². The molecular weight excluding hydrogens is 346 g/mol. The van der Waals surface area contributed by atoms with Gasteiger partial charge in [0, 0.05) is 13.0 Å². The number of nitrogens with one attached hydrogen (secondary N) is 4. The Morgan fingerprint density at radius 3 is 2.31 bits per heavy atom. The van der Waals surface area contributed by atoms with Crippen LogP contribution < -0.4 is 27.0 Å². The number of nitrogens with two attached hydrogens (primary N) is 1. The van der Waals surface area contributed by atoms with E-state index in [9.17, 15) is 28.8 Å². The summed E-state index contributed by atoms with van der Waals surface area (Å²) in [6.07, 6.45) is 3.03. The molecule has 11 heteroatoms. The molecule has 0 aromatic heterocycles. The van der Waals surface area contributed by atoms with Crippen molar-refractivity contribution in [1.82, 2.24) is 21.3 Å². The van der Waals surface area contributed by atoms with E-state index in [2.05, 4.69) is 21.3 Å². The van der Waals surface area contributed by atoms with Crippen molar-refractivity contribution in [1.29, 1.82) is 0 Å². The number of hydrogen-bond acceptors (Lipinski definition) is 7. The van der Waals surface area contributed by atoms with Gasteiger partial charge in [-0.05, 0) is 19.3 Å². The van der Waals surface area contributed by atoms with Gasteiger partial charge >= 0.3 is 0 Å². The lowest BCUT2D eigenvalue weighted by Gasteiger charge is -2.17. The largest absolute Gasteiger partial charge is 0.359 e. The van der Waals surface area contributed by atoms with Crippen LogP contribution >= 0.6 is 0 Å². The number of hydrogen-bond donors (Lipinski definition) is 5. The average Bonchev–Trinajstić information content (AvgIpc) is 2.64. The highest BCUT2D eigenvalue weighted by Crippen LogP contribution is 1.98. The Morgan fingerprint density at radius 2 is 1.73 bits per heavy atom. The first-order chi connectivity index (χ1) is 12.5. The van der Waals surface area contributed by atoms with E-state index in [-0.39, 0.29) is 13.0 Å². The van der Waals surface area contributed by atoms with Gasteiger partial charge in [0.25, 0.3) is 0 Å². The number of rotatable bonds is 15. The molecular formula is C15H25N5O6. The summed E-state index contributed by atoms with van der Waals surface area (Å²) < 4.78 is 0. The van der Waals surface area contributed by atoms with E-state index >= 15 is 0 Å². The summed E-state index contributed by atoms with van der Waals surface area (Å²) in [7, 11) is 0. The highest BCUT2D eigenvalue weighted by atomic mass is 16.2. The molecule has 0 aliphatic carbocycles. The maximum atomic E-state index is 11.9. The lowest BCUT2D eigenvalue weighted by atomic mass is 10.1. The van der Waals surface area contributed by atoms with Gasteiger partial charge in [-0.1, -0.05) is 0 Å². The lowest BCUT2D eigenvalue weighted by molar-refractivity contribution is -0.131. The Labute approximate surface area is 150 Å². The second kappa shape index (κ2) is 14.5. The van der Waals surface area contributed by atoms with Crippen LogP contribution in [0.1, 0.15) is 25.7 Å². The molecule has 0 unspecified atom stereocenters. The minimum absolute atomic E-state index is 0.259. The summed E-state index contributed by atoms with van der Waals surface area (Å²) in [4.78, 5) is 66.5. The van der Waals surface area contributed by atoms with Crippen LogP contribution in [-0.2, 0) is 28.8 Å². The highest BCUT2D eigenvalue weighted by Gasteiger charge is 2.20. The van der Waals surface area contributed by atoms with E-state index in [4.69, 9.17) is 5.73 Å². The Hall–Kier alpha value is -2.82. The first-order valence-corrected chi connectivity index (χ1v) is 8.10. The van der Waals surface area contributed by atoms with Crippen molar-refractivity contribution in [2.45, 2.75) is 37.8 Å². The minimum atomic E-state index is -1.12. The molecule has 0 aromatic carbocycles. The highest BCUT2D eigenvalue weighted by molar-refractivity contribution is 5.92. The monoisotopic (exact) mass is 371 g/mol. The topological polar surface area (TPSA) is 177 Å². The second-order valence-corrected chi connectivity index (χ2v) is 5.32. The molecule has 0 saturated heterocycles. The van der Waals surface area contributed by atoms with Crippen LogP contribution in [-0.4, -0.2) is 68.4 Å². The fraction of sp³-hybridized carbons (Fsp3) is 0.600. The van der Waals surface area contributed by atoms with Gasteiger partial charge in [-0.2, -0.15) is 0 Å². The SMILES string of the molecule is NCC(=O)N[C@@H](CC=O)C(=O)NCC(=O)N[C@H](C=O)CCCCNC=O. The molecule has 2 atom stereocenters. The Balaban J connectivity index is 4.27. The van der Waals surface area contributed by atoms with Crippen molar-refractivity contribution in [3.63, 3.8) is 0 Å². The normalized spacial score (nSPS) is 12.2. The molecule has 0 aromatic rings. The standard InChI is InChI=1S/C15H25N5O6/c16-7-13(24)20-12(4-6-21)15(26)18-8-14(25)19-11(9-22)3-1-2-5-17-10-23/h6,9-12H,1-5,7-8,16H2,(H,17,23)(H,18,26)(H,19,25)(H,20,24)/t11-,12-/m0/s1. The second-order valence-electron chi connectivity index (χ2n) is 5.32. The molecule has 146 valence electrons. The van der Waals surface area contributed by atoms with Gasteiger partial charge in [0.05, 0.1) is 19.1 Å². The molecule has 6 N–H and O–H groups in total. The third-order valence-corrected chi connectivity index (χ3v) is 3.27. The van der Waals surface area contributed by atoms with Crippen molar-refractivity contribution < 1.29 is 28.8 Å². The number of amides is 4. The summed E-state index contributed by atoms with van der Waals surface area (Å²) in [6, 6.07) is -1.83. The van der Waals surface area contributed by atoms with E-state index in [0.717, 1.165) is 0 Å². The van der Waals surface area contributed by atoms with Crippen LogP contribution in [0.15, 0.2) is 0 Å². The molecule has 11 nitrogen and oxygen atoms in total. The maximum Gasteiger partial charge on any atom is 0.243 e. The Morgan fingerprint density at radius 1 is 1.00 bits per heavy atom. The van der Waals surface area contributed by atoms with E-state index < -0.39 is 36.3 Å². The van der Waals surface area contributed by atoms with Gasteiger partial charge in [-0.25, -0.2) is 0 Å². The van der Waals surface area contributed by atoms with Crippen molar-refractivity contribution in [2.24, 2.45) is 5.73 Å². The third kappa shape index (κ3) is 10.9. The Bertz CT molecular complexity index is 499. The van der Waals surface area contributed by atoms with Gasteiger partial charge in [0.2, 0.25) is 24.1 Å². The number of aldehydes is 2. The van der Waals surface area contributed by atoms with Crippen molar-refractivity contribution >= 4 is 36.7 Å². The molecule has 0 bridgehead atoms. The summed E-state index contributed by atoms with van der Waals surface area (Å²) >= 11 is 0. The van der Waals surface area contributed by atoms with Gasteiger partial charge < -0.3 is 36.6 Å². The van der Waals surface area contributed by atoms with Crippen molar-refractivity contribution in [3.8, 4) is 0 Å². The molecule has 0 aliphatic heterocycles. The molecule has 0 saturated carbocycles. The van der Waals surface area contributed by atoms with Gasteiger partial charge in [-0.15, -0.1) is 0 Å². The third-order valence-electron chi connectivity index (χ3n) is 3.27. The van der Waals surface area contributed by atoms with Crippen molar-refractivity contribution in [2.75, 3.05) is 19.6 Å². The van der Waals surface area contributed by atoms with Gasteiger partial charge in [0.15, 0.2) is 0 Å². The number of unbranched alkanes of at least 4 members (excludes halogenated alkanes) is 1. The molecule has 0 radical (unpaired) electrons. The van der Waals surface area contributed by atoms with Crippen LogP contribution in [0.3, 0.4) is 0 Å². The predicted octanol–water partition coefficient (Wildman–Crippen LogP) is -3.26. The zero-order chi connectivity index (χ0) is 19.8. The van der Waals surface area contributed by atoms with E-state index in [1.54, 1.807) is 0 Å². The predicted molar refractivity (Wildman–Crippen MR) is 90.6 cm³/mol. The smallest absolute Gasteiger partial charge is 0.243 e. The van der Waals surface area contributed by atoms with Crippen LogP contribution in [0.25, 0.3) is 0 Å². The molecule has 0 rings (SSSR count). The van der Waals surface area contributed by atoms with Gasteiger partial charge in [-0.3, -0.25) is 19.2 Å². The lowest BCUT2D eigenvalue weighted by Crippen LogP contribution is -2.51. The van der Waals surface area contributed by atoms with Crippen molar-refractivity contribution in [3.05, 3.63) is 0 Å². The number of carbonyl (C=O) groups excluding carboxylic acids is 6. The molecule has 4 amide bonds. The fourth-order valence-corrected chi connectivity index (χ4v) is 1.95.